The SMILES string of the molecule is CC(Nc1ccc(C#N)c(F)c1F)C1CCCCC1. The zero-order chi connectivity index (χ0) is 13.8. The van der Waals surface area contributed by atoms with Gasteiger partial charge in [-0.15, -0.1) is 0 Å². The first-order valence-corrected chi connectivity index (χ1v) is 6.78. The molecule has 102 valence electrons. The minimum Gasteiger partial charge on any atom is -0.380 e. The largest absolute Gasteiger partial charge is 0.380 e. The molecular weight excluding hydrogens is 246 g/mol. The Morgan fingerprint density at radius 1 is 1.21 bits per heavy atom. The Kier molecular flexibility index (Phi) is 4.36. The van der Waals surface area contributed by atoms with E-state index in [1.165, 1.54) is 31.4 Å². The number of hydrogen-bond donors (Lipinski definition) is 1. The van der Waals surface area contributed by atoms with Crippen LogP contribution in [0.5, 0.6) is 0 Å². The number of benzene rings is 1. The van der Waals surface area contributed by atoms with Crippen LogP contribution in [0.3, 0.4) is 0 Å². The van der Waals surface area contributed by atoms with E-state index in [-0.39, 0.29) is 17.3 Å². The van der Waals surface area contributed by atoms with Gasteiger partial charge in [0.25, 0.3) is 0 Å². The van der Waals surface area contributed by atoms with E-state index in [2.05, 4.69) is 5.32 Å². The number of anilines is 1. The molecule has 1 saturated carbocycles. The number of nitrogens with one attached hydrogen (secondary N) is 1. The second kappa shape index (κ2) is 6.01. The van der Waals surface area contributed by atoms with Crippen molar-refractivity contribution in [3.63, 3.8) is 0 Å². The quantitative estimate of drug-likeness (QED) is 0.887. The normalized spacial score (nSPS) is 17.8. The zero-order valence-electron chi connectivity index (χ0n) is 11.0. The molecule has 1 aliphatic rings. The van der Waals surface area contributed by atoms with Crippen LogP contribution in [-0.2, 0) is 0 Å². The highest BCUT2D eigenvalue weighted by Crippen LogP contribution is 2.29. The van der Waals surface area contributed by atoms with Gasteiger partial charge in [-0.2, -0.15) is 5.26 Å². The number of hydrogen-bond acceptors (Lipinski definition) is 2. The molecule has 0 radical (unpaired) electrons. The predicted molar refractivity (Wildman–Crippen MR) is 70.7 cm³/mol. The fraction of sp³-hybridized carbons (Fsp3) is 0.533. The Morgan fingerprint density at radius 2 is 1.89 bits per heavy atom. The van der Waals surface area contributed by atoms with Gasteiger partial charge in [-0.25, -0.2) is 8.78 Å². The Bertz CT molecular complexity index is 488. The van der Waals surface area contributed by atoms with E-state index in [1.54, 1.807) is 6.07 Å². The Morgan fingerprint density at radius 3 is 2.53 bits per heavy atom. The highest BCUT2D eigenvalue weighted by atomic mass is 19.2. The van der Waals surface area contributed by atoms with Crippen molar-refractivity contribution in [3.05, 3.63) is 29.3 Å². The van der Waals surface area contributed by atoms with Crippen LogP contribution in [0.4, 0.5) is 14.5 Å². The Labute approximate surface area is 112 Å². The van der Waals surface area contributed by atoms with Crippen LogP contribution in [-0.4, -0.2) is 6.04 Å². The summed E-state index contributed by atoms with van der Waals surface area (Å²) in [4.78, 5) is 0. The van der Waals surface area contributed by atoms with E-state index < -0.39 is 11.6 Å². The zero-order valence-corrected chi connectivity index (χ0v) is 11.0. The molecule has 1 fully saturated rings. The van der Waals surface area contributed by atoms with E-state index in [4.69, 9.17) is 5.26 Å². The fourth-order valence-corrected chi connectivity index (χ4v) is 2.74. The van der Waals surface area contributed by atoms with E-state index in [1.807, 2.05) is 6.92 Å². The van der Waals surface area contributed by atoms with Gasteiger partial charge in [0.1, 0.15) is 6.07 Å². The third kappa shape index (κ3) is 3.04. The van der Waals surface area contributed by atoms with Crippen molar-refractivity contribution in [1.82, 2.24) is 0 Å². The van der Waals surface area contributed by atoms with Crippen LogP contribution in [0.2, 0.25) is 0 Å². The smallest absolute Gasteiger partial charge is 0.183 e. The maximum atomic E-state index is 13.8. The number of rotatable bonds is 3. The number of nitriles is 1. The molecule has 1 unspecified atom stereocenters. The number of nitrogens with zero attached hydrogens (tertiary/aromatic N) is 1. The van der Waals surface area contributed by atoms with E-state index in [0.29, 0.717) is 5.92 Å². The summed E-state index contributed by atoms with van der Waals surface area (Å²) in [7, 11) is 0. The summed E-state index contributed by atoms with van der Waals surface area (Å²) in [5.74, 6) is -1.52. The molecule has 0 amide bonds. The average Bonchev–Trinajstić information content (AvgIpc) is 2.45. The van der Waals surface area contributed by atoms with Crippen molar-refractivity contribution >= 4 is 5.69 Å². The van der Waals surface area contributed by atoms with Crippen LogP contribution >= 0.6 is 0 Å². The maximum Gasteiger partial charge on any atom is 0.183 e. The molecule has 4 heteroatoms. The van der Waals surface area contributed by atoms with Crippen molar-refractivity contribution < 1.29 is 8.78 Å². The number of halogens is 2. The molecule has 0 aromatic heterocycles. The molecule has 19 heavy (non-hydrogen) atoms. The molecule has 0 bridgehead atoms. The van der Waals surface area contributed by atoms with Crippen molar-refractivity contribution in [1.29, 1.82) is 5.26 Å². The molecule has 2 nitrogen and oxygen atoms in total. The first-order valence-electron chi connectivity index (χ1n) is 6.78. The van der Waals surface area contributed by atoms with Gasteiger partial charge < -0.3 is 5.32 Å². The monoisotopic (exact) mass is 264 g/mol. The van der Waals surface area contributed by atoms with Crippen LogP contribution < -0.4 is 5.32 Å². The average molecular weight is 264 g/mol. The minimum absolute atomic E-state index is 0.113. The molecule has 1 aromatic rings. The lowest BCUT2D eigenvalue weighted by molar-refractivity contribution is 0.327. The topological polar surface area (TPSA) is 35.8 Å². The first-order chi connectivity index (χ1) is 9.13. The summed E-state index contributed by atoms with van der Waals surface area (Å²) in [5.41, 5.74) is -0.108. The van der Waals surface area contributed by atoms with Gasteiger partial charge in [-0.1, -0.05) is 19.3 Å². The van der Waals surface area contributed by atoms with Gasteiger partial charge in [0, 0.05) is 6.04 Å². The van der Waals surface area contributed by atoms with Crippen LogP contribution in [0.1, 0.15) is 44.6 Å². The van der Waals surface area contributed by atoms with Crippen LogP contribution in [0.25, 0.3) is 0 Å². The molecule has 1 aliphatic carbocycles. The van der Waals surface area contributed by atoms with Crippen molar-refractivity contribution in [2.45, 2.75) is 45.1 Å². The predicted octanol–water partition coefficient (Wildman–Crippen LogP) is 4.22. The molecule has 1 aromatic carbocycles. The fourth-order valence-electron chi connectivity index (χ4n) is 2.74. The standard InChI is InChI=1S/C15H18F2N2/c1-10(11-5-3-2-4-6-11)19-13-8-7-12(9-18)14(16)15(13)17/h7-8,10-11,19H,2-6H2,1H3. The van der Waals surface area contributed by atoms with Crippen molar-refractivity contribution in [3.8, 4) is 6.07 Å². The molecule has 2 rings (SSSR count). The van der Waals surface area contributed by atoms with Gasteiger partial charge in [-0.3, -0.25) is 0 Å². The van der Waals surface area contributed by atoms with E-state index in [0.717, 1.165) is 12.8 Å². The summed E-state index contributed by atoms with van der Waals surface area (Å²) in [5, 5.41) is 11.7. The molecule has 0 heterocycles. The Balaban J connectivity index is 2.10. The minimum atomic E-state index is -1.07. The molecule has 0 spiro atoms. The summed E-state index contributed by atoms with van der Waals surface area (Å²) in [6, 6.07) is 4.50. The lowest BCUT2D eigenvalue weighted by Crippen LogP contribution is -2.28. The highest BCUT2D eigenvalue weighted by Gasteiger charge is 2.22. The molecular formula is C15H18F2N2. The maximum absolute atomic E-state index is 13.8. The molecule has 0 aliphatic heterocycles. The van der Waals surface area contributed by atoms with E-state index in [9.17, 15) is 8.78 Å². The summed E-state index contributed by atoms with van der Waals surface area (Å²) < 4.78 is 27.3. The summed E-state index contributed by atoms with van der Waals surface area (Å²) in [6.07, 6.45) is 5.95. The second-order valence-electron chi connectivity index (χ2n) is 5.23. The van der Waals surface area contributed by atoms with Gasteiger partial charge in [-0.05, 0) is 37.8 Å². The van der Waals surface area contributed by atoms with Crippen molar-refractivity contribution in [2.75, 3.05) is 5.32 Å². The van der Waals surface area contributed by atoms with Crippen molar-refractivity contribution in [2.24, 2.45) is 5.92 Å². The summed E-state index contributed by atoms with van der Waals surface area (Å²) >= 11 is 0. The summed E-state index contributed by atoms with van der Waals surface area (Å²) in [6.45, 7) is 2.01. The van der Waals surface area contributed by atoms with Gasteiger partial charge in [0.2, 0.25) is 0 Å². The van der Waals surface area contributed by atoms with Crippen LogP contribution in [0.15, 0.2) is 12.1 Å². The highest BCUT2D eigenvalue weighted by molar-refractivity contribution is 5.50. The molecule has 1 N–H and O–H groups in total. The van der Waals surface area contributed by atoms with Gasteiger partial charge in [0.05, 0.1) is 11.3 Å². The molecule has 1 atom stereocenters. The van der Waals surface area contributed by atoms with Gasteiger partial charge in [0.15, 0.2) is 11.6 Å². The van der Waals surface area contributed by atoms with E-state index >= 15 is 0 Å². The van der Waals surface area contributed by atoms with Crippen LogP contribution in [0, 0.1) is 28.9 Å². The van der Waals surface area contributed by atoms with Gasteiger partial charge >= 0.3 is 0 Å². The third-order valence-corrected chi connectivity index (χ3v) is 3.94. The lowest BCUT2D eigenvalue weighted by Gasteiger charge is -2.29. The first kappa shape index (κ1) is 13.8. The second-order valence-corrected chi connectivity index (χ2v) is 5.23. The third-order valence-electron chi connectivity index (χ3n) is 3.94. The Hall–Kier alpha value is -1.63. The lowest BCUT2D eigenvalue weighted by atomic mass is 9.84. The molecule has 0 saturated heterocycles.